The molecule has 2 N–H and O–H groups in total. The monoisotopic (exact) mass is 416 g/mol. The van der Waals surface area contributed by atoms with E-state index in [0.717, 1.165) is 53.9 Å². The van der Waals surface area contributed by atoms with Crippen LogP contribution in [0.5, 0.6) is 0 Å². The zero-order valence-electron chi connectivity index (χ0n) is 17.3. The van der Waals surface area contributed by atoms with E-state index in [1.807, 2.05) is 30.3 Å². The average molecular weight is 416 g/mol. The van der Waals surface area contributed by atoms with Gasteiger partial charge in [-0.3, -0.25) is 9.69 Å². The van der Waals surface area contributed by atoms with Gasteiger partial charge in [0.1, 0.15) is 18.0 Å². The lowest BCUT2D eigenvalue weighted by Crippen LogP contribution is -2.41. The number of benzene rings is 1. The molecule has 4 rings (SSSR count). The van der Waals surface area contributed by atoms with Crippen LogP contribution in [0.1, 0.15) is 18.4 Å². The second-order valence-corrected chi connectivity index (χ2v) is 7.43. The Hall–Kier alpha value is -3.70. The van der Waals surface area contributed by atoms with Gasteiger partial charge in [0.25, 0.3) is 0 Å². The minimum absolute atomic E-state index is 0.199. The zero-order chi connectivity index (χ0) is 21.6. The van der Waals surface area contributed by atoms with Crippen LogP contribution in [0, 0.1) is 12.3 Å². The summed E-state index contributed by atoms with van der Waals surface area (Å²) in [6.07, 6.45) is 10.6. The van der Waals surface area contributed by atoms with E-state index in [0.29, 0.717) is 12.4 Å². The smallest absolute Gasteiger partial charge is 0.319 e. The molecule has 1 aromatic carbocycles. The number of carbonyl (C=O) groups excluding carboxylic acids is 1. The number of esters is 1. The Kier molecular flexibility index (Phi) is 6.24. The minimum Gasteiger partial charge on any atom is -0.468 e. The highest BCUT2D eigenvalue weighted by atomic mass is 16.5. The number of nitrogens with zero attached hydrogens (tertiary/aromatic N) is 4. The van der Waals surface area contributed by atoms with E-state index in [-0.39, 0.29) is 12.0 Å². The number of hydrogen-bond donors (Lipinski definition) is 2. The highest BCUT2D eigenvalue weighted by Gasteiger charge is 2.21. The van der Waals surface area contributed by atoms with Gasteiger partial charge in [-0.25, -0.2) is 15.0 Å². The van der Waals surface area contributed by atoms with Crippen molar-refractivity contribution in [1.82, 2.24) is 19.9 Å². The standard InChI is InChI=1S/C23H24N6O2/c1-3-16-5-4-6-18(11-16)28-23-19-12-21(24-13-20(19)25-15-26-23)27-17-7-9-29(10-8-17)14-22(30)31-2/h1,4-6,11-13,15,17H,7-10,14H2,2H3,(H,24,27)(H,25,26,28). The van der Waals surface area contributed by atoms with Crippen molar-refractivity contribution in [1.29, 1.82) is 0 Å². The van der Waals surface area contributed by atoms with Crippen LogP contribution in [-0.4, -0.2) is 58.6 Å². The number of rotatable bonds is 6. The second kappa shape index (κ2) is 9.41. The molecule has 0 radical (unpaired) electrons. The van der Waals surface area contributed by atoms with Gasteiger partial charge in [0.2, 0.25) is 0 Å². The highest BCUT2D eigenvalue weighted by Crippen LogP contribution is 2.26. The molecule has 1 saturated heterocycles. The zero-order valence-corrected chi connectivity index (χ0v) is 17.3. The average Bonchev–Trinajstić information content (AvgIpc) is 2.81. The molecule has 0 unspecified atom stereocenters. The number of likely N-dealkylation sites (tertiary alicyclic amines) is 1. The van der Waals surface area contributed by atoms with Gasteiger partial charge in [0.05, 0.1) is 25.4 Å². The molecule has 0 saturated carbocycles. The summed E-state index contributed by atoms with van der Waals surface area (Å²) in [6.45, 7) is 2.01. The summed E-state index contributed by atoms with van der Waals surface area (Å²) in [4.78, 5) is 26.8. The van der Waals surface area contributed by atoms with Crippen LogP contribution in [0.3, 0.4) is 0 Å². The van der Waals surface area contributed by atoms with Gasteiger partial charge in [-0.1, -0.05) is 12.0 Å². The predicted octanol–water partition coefficient (Wildman–Crippen LogP) is 2.80. The number of nitrogens with one attached hydrogen (secondary N) is 2. The summed E-state index contributed by atoms with van der Waals surface area (Å²) in [7, 11) is 1.42. The number of pyridine rings is 1. The van der Waals surface area contributed by atoms with Crippen LogP contribution in [-0.2, 0) is 9.53 Å². The number of piperidine rings is 1. The molecule has 1 fully saturated rings. The fraction of sp³-hybridized carbons (Fsp3) is 0.304. The lowest BCUT2D eigenvalue weighted by molar-refractivity contribution is -0.142. The summed E-state index contributed by atoms with van der Waals surface area (Å²) in [6, 6.07) is 9.87. The van der Waals surface area contributed by atoms with Crippen LogP contribution in [0.25, 0.3) is 10.9 Å². The Labute approximate surface area is 181 Å². The van der Waals surface area contributed by atoms with Crippen molar-refractivity contribution in [3.05, 3.63) is 48.4 Å². The number of methoxy groups -OCH3 is 1. The van der Waals surface area contributed by atoms with Crippen LogP contribution in [0.4, 0.5) is 17.3 Å². The normalized spacial score (nSPS) is 14.7. The van der Waals surface area contributed by atoms with E-state index in [9.17, 15) is 4.79 Å². The van der Waals surface area contributed by atoms with Gasteiger partial charge in [0, 0.05) is 35.8 Å². The molecule has 8 nitrogen and oxygen atoms in total. The van der Waals surface area contributed by atoms with E-state index >= 15 is 0 Å². The van der Waals surface area contributed by atoms with Crippen molar-refractivity contribution in [2.24, 2.45) is 0 Å². The first-order valence-corrected chi connectivity index (χ1v) is 10.1. The fourth-order valence-electron chi connectivity index (χ4n) is 3.65. The first-order valence-electron chi connectivity index (χ1n) is 10.1. The van der Waals surface area contributed by atoms with Gasteiger partial charge in [-0.15, -0.1) is 6.42 Å². The summed E-state index contributed by atoms with van der Waals surface area (Å²) >= 11 is 0. The van der Waals surface area contributed by atoms with Crippen LogP contribution in [0.2, 0.25) is 0 Å². The molecule has 0 aliphatic carbocycles. The fourth-order valence-corrected chi connectivity index (χ4v) is 3.65. The lowest BCUT2D eigenvalue weighted by atomic mass is 10.1. The molecule has 1 aliphatic heterocycles. The molecule has 1 aliphatic rings. The number of carbonyl (C=O) groups is 1. The van der Waals surface area contributed by atoms with Gasteiger partial charge in [-0.2, -0.15) is 0 Å². The van der Waals surface area contributed by atoms with Crippen molar-refractivity contribution in [3.8, 4) is 12.3 Å². The highest BCUT2D eigenvalue weighted by molar-refractivity contribution is 5.91. The van der Waals surface area contributed by atoms with E-state index < -0.39 is 0 Å². The SMILES string of the molecule is C#Cc1cccc(Nc2ncnc3cnc(NC4CCN(CC(=O)OC)CC4)cc23)c1. The van der Waals surface area contributed by atoms with E-state index in [1.165, 1.54) is 13.4 Å². The molecule has 0 atom stereocenters. The number of anilines is 3. The van der Waals surface area contributed by atoms with Gasteiger partial charge < -0.3 is 15.4 Å². The maximum Gasteiger partial charge on any atom is 0.319 e. The Balaban J connectivity index is 1.47. The molecule has 3 aromatic rings. The summed E-state index contributed by atoms with van der Waals surface area (Å²) < 4.78 is 4.75. The number of fused-ring (bicyclic) bond motifs is 1. The number of aromatic nitrogens is 3. The molecular formula is C23H24N6O2. The molecule has 31 heavy (non-hydrogen) atoms. The third-order valence-electron chi connectivity index (χ3n) is 5.33. The maximum absolute atomic E-state index is 11.5. The Morgan fingerprint density at radius 2 is 2.10 bits per heavy atom. The van der Waals surface area contributed by atoms with Crippen LogP contribution in [0.15, 0.2) is 42.9 Å². The molecular weight excluding hydrogens is 392 g/mol. The van der Waals surface area contributed by atoms with Crippen molar-refractivity contribution in [2.75, 3.05) is 37.4 Å². The van der Waals surface area contributed by atoms with E-state index in [1.54, 1.807) is 6.20 Å². The summed E-state index contributed by atoms with van der Waals surface area (Å²) in [5.74, 6) is 3.91. The van der Waals surface area contributed by atoms with Crippen molar-refractivity contribution in [2.45, 2.75) is 18.9 Å². The molecule has 0 spiro atoms. The number of hydrogen-bond acceptors (Lipinski definition) is 8. The summed E-state index contributed by atoms with van der Waals surface area (Å²) in [5, 5.41) is 7.71. The lowest BCUT2D eigenvalue weighted by Gasteiger charge is -2.31. The number of terminal acetylenes is 1. The molecule has 3 heterocycles. The maximum atomic E-state index is 11.5. The molecule has 158 valence electrons. The molecule has 0 bridgehead atoms. The molecule has 2 aromatic heterocycles. The Bertz CT molecular complexity index is 1120. The van der Waals surface area contributed by atoms with Crippen LogP contribution < -0.4 is 10.6 Å². The third-order valence-corrected chi connectivity index (χ3v) is 5.33. The first-order chi connectivity index (χ1) is 15.1. The Morgan fingerprint density at radius 1 is 1.26 bits per heavy atom. The number of ether oxygens (including phenoxy) is 1. The van der Waals surface area contributed by atoms with Gasteiger partial charge in [0.15, 0.2) is 0 Å². The quantitative estimate of drug-likeness (QED) is 0.468. The second-order valence-electron chi connectivity index (χ2n) is 7.43. The predicted molar refractivity (Wildman–Crippen MR) is 120 cm³/mol. The minimum atomic E-state index is -0.199. The van der Waals surface area contributed by atoms with Crippen molar-refractivity contribution < 1.29 is 9.53 Å². The Morgan fingerprint density at radius 3 is 2.87 bits per heavy atom. The van der Waals surface area contributed by atoms with Crippen LogP contribution >= 0.6 is 0 Å². The van der Waals surface area contributed by atoms with E-state index in [4.69, 9.17) is 11.2 Å². The third kappa shape index (κ3) is 5.08. The largest absolute Gasteiger partial charge is 0.468 e. The van der Waals surface area contributed by atoms with Gasteiger partial charge in [-0.05, 0) is 37.1 Å². The molecule has 8 heteroatoms. The van der Waals surface area contributed by atoms with Crippen molar-refractivity contribution >= 4 is 34.2 Å². The van der Waals surface area contributed by atoms with Gasteiger partial charge >= 0.3 is 5.97 Å². The summed E-state index contributed by atoms with van der Waals surface area (Å²) in [5.41, 5.74) is 2.41. The topological polar surface area (TPSA) is 92.3 Å². The molecule has 0 amide bonds. The first kappa shape index (κ1) is 20.6. The van der Waals surface area contributed by atoms with E-state index in [2.05, 4.69) is 36.4 Å². The van der Waals surface area contributed by atoms with Crippen molar-refractivity contribution in [3.63, 3.8) is 0 Å².